The molecule has 3 aromatic rings. The van der Waals surface area contributed by atoms with Gasteiger partial charge in [0.25, 0.3) is 5.56 Å². The number of benzene rings is 1. The standard InChI is InChI=1S/C22H25N3O2S2/c1-3-14-9-11-15(12-10-14)23-18(26)13-28-22-24-20-19(21(27)25(22)4-2)16-7-5-6-8-17(16)29-20/h9-12H,3-8,13H2,1-2H3,(H,23,26). The van der Waals surface area contributed by atoms with E-state index in [4.69, 9.17) is 4.98 Å². The van der Waals surface area contributed by atoms with Crippen LogP contribution in [0.3, 0.4) is 0 Å². The first-order valence-electron chi connectivity index (χ1n) is 10.2. The SMILES string of the molecule is CCc1ccc(NC(=O)CSc2nc3sc4c(c3c(=O)n2CC)CCCC4)cc1. The fourth-order valence-corrected chi connectivity index (χ4v) is 5.93. The number of aryl methyl sites for hydroxylation is 3. The van der Waals surface area contributed by atoms with Crippen molar-refractivity contribution in [3.63, 3.8) is 0 Å². The highest BCUT2D eigenvalue weighted by Crippen LogP contribution is 2.34. The summed E-state index contributed by atoms with van der Waals surface area (Å²) in [4.78, 5) is 32.4. The maximum atomic E-state index is 13.1. The van der Waals surface area contributed by atoms with Gasteiger partial charge in [0.05, 0.1) is 11.1 Å². The first-order chi connectivity index (χ1) is 14.1. The summed E-state index contributed by atoms with van der Waals surface area (Å²) < 4.78 is 1.71. The van der Waals surface area contributed by atoms with Gasteiger partial charge in [-0.05, 0) is 62.3 Å². The highest BCUT2D eigenvalue weighted by molar-refractivity contribution is 7.99. The molecule has 0 saturated heterocycles. The van der Waals surface area contributed by atoms with E-state index in [0.29, 0.717) is 11.7 Å². The second kappa shape index (κ2) is 8.71. The minimum atomic E-state index is -0.0956. The Kier molecular flexibility index (Phi) is 6.06. The highest BCUT2D eigenvalue weighted by Gasteiger charge is 2.22. The van der Waals surface area contributed by atoms with Crippen molar-refractivity contribution in [3.05, 3.63) is 50.6 Å². The van der Waals surface area contributed by atoms with Gasteiger partial charge in [0.2, 0.25) is 5.91 Å². The number of nitrogens with zero attached hydrogens (tertiary/aromatic N) is 2. The summed E-state index contributed by atoms with van der Waals surface area (Å²) >= 11 is 2.98. The molecule has 1 amide bonds. The summed E-state index contributed by atoms with van der Waals surface area (Å²) in [5, 5.41) is 4.35. The van der Waals surface area contributed by atoms with Crippen LogP contribution < -0.4 is 10.9 Å². The largest absolute Gasteiger partial charge is 0.325 e. The van der Waals surface area contributed by atoms with Crippen LogP contribution in [-0.2, 0) is 30.6 Å². The van der Waals surface area contributed by atoms with Crippen molar-refractivity contribution in [3.8, 4) is 0 Å². The Morgan fingerprint density at radius 1 is 1.21 bits per heavy atom. The molecule has 1 aliphatic carbocycles. The zero-order valence-corrected chi connectivity index (χ0v) is 18.4. The van der Waals surface area contributed by atoms with Gasteiger partial charge >= 0.3 is 0 Å². The van der Waals surface area contributed by atoms with Crippen LogP contribution in [0, 0.1) is 0 Å². The predicted octanol–water partition coefficient (Wildman–Crippen LogP) is 4.65. The van der Waals surface area contributed by atoms with Crippen LogP contribution in [0.4, 0.5) is 5.69 Å². The lowest BCUT2D eigenvalue weighted by Crippen LogP contribution is -2.24. The maximum absolute atomic E-state index is 13.1. The minimum absolute atomic E-state index is 0.0370. The number of thioether (sulfide) groups is 1. The number of thiophene rings is 1. The Hall–Kier alpha value is -2.12. The molecule has 0 fully saturated rings. The summed E-state index contributed by atoms with van der Waals surface area (Å²) in [7, 11) is 0. The van der Waals surface area contributed by atoms with Crippen LogP contribution >= 0.6 is 23.1 Å². The van der Waals surface area contributed by atoms with Crippen molar-refractivity contribution in [2.45, 2.75) is 57.7 Å². The fraction of sp³-hybridized carbons (Fsp3) is 0.409. The molecule has 29 heavy (non-hydrogen) atoms. The molecule has 7 heteroatoms. The van der Waals surface area contributed by atoms with Gasteiger partial charge in [-0.2, -0.15) is 0 Å². The highest BCUT2D eigenvalue weighted by atomic mass is 32.2. The van der Waals surface area contributed by atoms with E-state index < -0.39 is 0 Å². The molecular weight excluding hydrogens is 402 g/mol. The Labute approximate surface area is 178 Å². The van der Waals surface area contributed by atoms with E-state index in [9.17, 15) is 9.59 Å². The number of rotatable bonds is 6. The first kappa shape index (κ1) is 20.2. The molecule has 152 valence electrons. The van der Waals surface area contributed by atoms with Crippen molar-refractivity contribution in [1.82, 2.24) is 9.55 Å². The monoisotopic (exact) mass is 427 g/mol. The summed E-state index contributed by atoms with van der Waals surface area (Å²) in [6.07, 6.45) is 5.31. The Bertz CT molecular complexity index is 1100. The normalized spacial score (nSPS) is 13.4. The van der Waals surface area contributed by atoms with Crippen molar-refractivity contribution >= 4 is 44.9 Å². The lowest BCUT2D eigenvalue weighted by atomic mass is 9.97. The molecule has 0 unspecified atom stereocenters. The lowest BCUT2D eigenvalue weighted by molar-refractivity contribution is -0.113. The molecule has 2 aromatic heterocycles. The third-order valence-electron chi connectivity index (χ3n) is 5.33. The molecule has 0 radical (unpaired) electrons. The number of carbonyl (C=O) groups excluding carboxylic acids is 1. The Balaban J connectivity index is 1.54. The molecule has 5 nitrogen and oxygen atoms in total. The number of hydrogen-bond acceptors (Lipinski definition) is 5. The van der Waals surface area contributed by atoms with Crippen LogP contribution in [0.15, 0.2) is 34.2 Å². The molecule has 4 rings (SSSR count). The second-order valence-electron chi connectivity index (χ2n) is 7.22. The van der Waals surface area contributed by atoms with Crippen molar-refractivity contribution < 1.29 is 4.79 Å². The van der Waals surface area contributed by atoms with E-state index in [2.05, 4.69) is 12.2 Å². The van der Waals surface area contributed by atoms with E-state index in [0.717, 1.165) is 41.6 Å². The molecule has 0 aliphatic heterocycles. The van der Waals surface area contributed by atoms with Gasteiger partial charge in [-0.1, -0.05) is 30.8 Å². The van der Waals surface area contributed by atoms with E-state index >= 15 is 0 Å². The first-order valence-corrected chi connectivity index (χ1v) is 12.0. The van der Waals surface area contributed by atoms with Crippen molar-refractivity contribution in [1.29, 1.82) is 0 Å². The number of hydrogen-bond donors (Lipinski definition) is 1. The Morgan fingerprint density at radius 2 is 1.97 bits per heavy atom. The molecule has 0 spiro atoms. The Morgan fingerprint density at radius 3 is 2.69 bits per heavy atom. The topological polar surface area (TPSA) is 64.0 Å². The molecule has 0 atom stereocenters. The number of fused-ring (bicyclic) bond motifs is 3. The third kappa shape index (κ3) is 4.12. The van der Waals surface area contributed by atoms with Crippen LogP contribution in [0.25, 0.3) is 10.2 Å². The molecule has 1 N–H and O–H groups in total. The van der Waals surface area contributed by atoms with Crippen molar-refractivity contribution in [2.24, 2.45) is 0 Å². The zero-order valence-electron chi connectivity index (χ0n) is 16.8. The number of nitrogens with one attached hydrogen (secondary N) is 1. The van der Waals surface area contributed by atoms with Gasteiger partial charge in [0, 0.05) is 17.1 Å². The number of amides is 1. The van der Waals surface area contributed by atoms with Gasteiger partial charge in [-0.15, -0.1) is 11.3 Å². The summed E-state index contributed by atoms with van der Waals surface area (Å²) in [6.45, 7) is 4.60. The average molecular weight is 428 g/mol. The third-order valence-corrected chi connectivity index (χ3v) is 7.50. The summed E-state index contributed by atoms with van der Waals surface area (Å²) in [5.41, 5.74) is 3.27. The van der Waals surface area contributed by atoms with Gasteiger partial charge < -0.3 is 5.32 Å². The maximum Gasteiger partial charge on any atom is 0.263 e. The van der Waals surface area contributed by atoms with Crippen LogP contribution in [0.2, 0.25) is 0 Å². The summed E-state index contributed by atoms with van der Waals surface area (Å²) in [5.74, 6) is 0.125. The second-order valence-corrected chi connectivity index (χ2v) is 9.25. The van der Waals surface area contributed by atoms with E-state index in [-0.39, 0.29) is 17.2 Å². The molecule has 2 heterocycles. The average Bonchev–Trinajstić information content (AvgIpc) is 3.11. The number of aromatic nitrogens is 2. The van der Waals surface area contributed by atoms with E-state index in [1.165, 1.54) is 34.2 Å². The van der Waals surface area contributed by atoms with Gasteiger partial charge in [-0.25, -0.2) is 4.98 Å². The quantitative estimate of drug-likeness (QED) is 0.459. The van der Waals surface area contributed by atoms with Gasteiger partial charge in [0.15, 0.2) is 5.16 Å². The van der Waals surface area contributed by atoms with E-state index in [1.54, 1.807) is 15.9 Å². The van der Waals surface area contributed by atoms with Crippen LogP contribution in [0.5, 0.6) is 0 Å². The van der Waals surface area contributed by atoms with Crippen molar-refractivity contribution in [2.75, 3.05) is 11.1 Å². The van der Waals surface area contributed by atoms with Gasteiger partial charge in [-0.3, -0.25) is 14.2 Å². The van der Waals surface area contributed by atoms with Crippen LogP contribution in [0.1, 0.15) is 42.7 Å². The lowest BCUT2D eigenvalue weighted by Gasteiger charge is -2.12. The molecule has 1 aromatic carbocycles. The van der Waals surface area contributed by atoms with Crippen LogP contribution in [-0.4, -0.2) is 21.2 Å². The molecular formula is C22H25N3O2S2. The smallest absolute Gasteiger partial charge is 0.263 e. The zero-order chi connectivity index (χ0) is 20.4. The number of carbonyl (C=O) groups is 1. The minimum Gasteiger partial charge on any atom is -0.325 e. The molecule has 0 saturated carbocycles. The predicted molar refractivity (Wildman–Crippen MR) is 121 cm³/mol. The summed E-state index contributed by atoms with van der Waals surface area (Å²) in [6, 6.07) is 7.88. The fourth-order valence-electron chi connectivity index (χ4n) is 3.76. The van der Waals surface area contributed by atoms with Gasteiger partial charge in [0.1, 0.15) is 4.83 Å². The number of anilines is 1. The molecule has 0 bridgehead atoms. The molecule has 1 aliphatic rings. The van der Waals surface area contributed by atoms with E-state index in [1.807, 2.05) is 31.2 Å².